The van der Waals surface area contributed by atoms with Gasteiger partial charge >= 0.3 is 0 Å². The molecule has 0 saturated heterocycles. The van der Waals surface area contributed by atoms with E-state index in [1.165, 1.54) is 57.8 Å². The number of hydrogen-bond acceptors (Lipinski definition) is 1. The third-order valence-corrected chi connectivity index (χ3v) is 5.74. The summed E-state index contributed by atoms with van der Waals surface area (Å²) in [6.07, 6.45) is 16.4. The maximum Gasteiger partial charge on any atom is 0.139 e. The Balaban J connectivity index is 1.99. The molecule has 0 bridgehead atoms. The van der Waals surface area contributed by atoms with Crippen molar-refractivity contribution in [3.8, 4) is 0 Å². The fourth-order valence-electron chi connectivity index (χ4n) is 3.24. The van der Waals surface area contributed by atoms with Crippen molar-refractivity contribution in [1.82, 2.24) is 0 Å². The average molecular weight is 331 g/mol. The molecule has 1 rings (SSSR count). The van der Waals surface area contributed by atoms with Crippen molar-refractivity contribution in [3.63, 3.8) is 0 Å². The van der Waals surface area contributed by atoms with Gasteiger partial charge in [-0.25, -0.2) is 0 Å². The van der Waals surface area contributed by atoms with Crippen LogP contribution in [0.1, 0.15) is 90.4 Å². The van der Waals surface area contributed by atoms with E-state index in [0.29, 0.717) is 5.78 Å². The Bertz CT molecular complexity index is 252. The Morgan fingerprint density at radius 2 is 1.58 bits per heavy atom. The Morgan fingerprint density at radius 3 is 2.05 bits per heavy atom. The molecule has 1 atom stereocenters. The third-order valence-electron chi connectivity index (χ3n) is 4.67. The SMILES string of the molecule is CCCCCCCCCCCC1(CBr)CCCC1=O. The molecule has 1 aliphatic rings. The van der Waals surface area contributed by atoms with Crippen molar-refractivity contribution in [1.29, 1.82) is 0 Å². The molecule has 0 heterocycles. The minimum Gasteiger partial charge on any atom is -0.299 e. The highest BCUT2D eigenvalue weighted by Crippen LogP contribution is 2.40. The fraction of sp³-hybridized carbons (Fsp3) is 0.941. The summed E-state index contributed by atoms with van der Waals surface area (Å²) in [5.41, 5.74) is 0.0150. The zero-order valence-corrected chi connectivity index (χ0v) is 14.3. The molecule has 0 aromatic rings. The van der Waals surface area contributed by atoms with Crippen molar-refractivity contribution in [2.75, 3.05) is 5.33 Å². The number of carbonyl (C=O) groups is 1. The van der Waals surface area contributed by atoms with Crippen LogP contribution in [0.15, 0.2) is 0 Å². The maximum absolute atomic E-state index is 12.0. The van der Waals surface area contributed by atoms with E-state index in [1.807, 2.05) is 0 Å². The molecule has 19 heavy (non-hydrogen) atoms. The number of alkyl halides is 1. The maximum atomic E-state index is 12.0. The third kappa shape index (κ3) is 5.97. The molecule has 0 aliphatic heterocycles. The largest absolute Gasteiger partial charge is 0.299 e. The molecule has 112 valence electrons. The summed E-state index contributed by atoms with van der Waals surface area (Å²) in [5.74, 6) is 0.518. The first-order chi connectivity index (χ1) is 9.25. The van der Waals surface area contributed by atoms with Crippen LogP contribution < -0.4 is 0 Å². The van der Waals surface area contributed by atoms with Gasteiger partial charge in [-0.15, -0.1) is 0 Å². The summed E-state index contributed by atoms with van der Waals surface area (Å²) >= 11 is 3.57. The van der Waals surface area contributed by atoms with Crippen LogP contribution >= 0.6 is 15.9 Å². The predicted octanol–water partition coefficient (Wildman–Crippen LogP) is 6.04. The van der Waals surface area contributed by atoms with E-state index in [9.17, 15) is 4.79 Å². The second-order valence-corrected chi connectivity index (χ2v) is 6.83. The molecule has 0 amide bonds. The van der Waals surface area contributed by atoms with Crippen molar-refractivity contribution in [2.24, 2.45) is 5.41 Å². The van der Waals surface area contributed by atoms with Gasteiger partial charge in [-0.1, -0.05) is 80.6 Å². The normalized spacial score (nSPS) is 23.2. The van der Waals surface area contributed by atoms with E-state index >= 15 is 0 Å². The Morgan fingerprint density at radius 1 is 1.00 bits per heavy atom. The fourth-order valence-corrected chi connectivity index (χ4v) is 4.11. The van der Waals surface area contributed by atoms with Crippen LogP contribution in [0.25, 0.3) is 0 Å². The molecule has 0 aromatic carbocycles. The predicted molar refractivity (Wildman–Crippen MR) is 86.9 cm³/mol. The van der Waals surface area contributed by atoms with Crippen molar-refractivity contribution >= 4 is 21.7 Å². The molecule has 1 fully saturated rings. The average Bonchev–Trinajstić information content (AvgIpc) is 2.79. The second kappa shape index (κ2) is 9.96. The molecule has 1 unspecified atom stereocenters. The minimum atomic E-state index is 0.0150. The number of unbranched alkanes of at least 4 members (excludes halogenated alkanes) is 8. The van der Waals surface area contributed by atoms with E-state index in [0.717, 1.165) is 31.0 Å². The Labute approximate surface area is 128 Å². The summed E-state index contributed by atoms with van der Waals surface area (Å²) in [6.45, 7) is 2.27. The first-order valence-electron chi connectivity index (χ1n) is 8.34. The summed E-state index contributed by atoms with van der Waals surface area (Å²) in [7, 11) is 0. The lowest BCUT2D eigenvalue weighted by atomic mass is 9.82. The van der Waals surface area contributed by atoms with Gasteiger partial charge in [-0.05, 0) is 19.3 Å². The molecule has 1 nitrogen and oxygen atoms in total. The molecule has 0 aromatic heterocycles. The number of hydrogen-bond donors (Lipinski definition) is 0. The number of rotatable bonds is 11. The van der Waals surface area contributed by atoms with Gasteiger partial charge in [0.1, 0.15) is 5.78 Å². The summed E-state index contributed by atoms with van der Waals surface area (Å²) in [6, 6.07) is 0. The van der Waals surface area contributed by atoms with E-state index < -0.39 is 0 Å². The van der Waals surface area contributed by atoms with Gasteiger partial charge in [0.2, 0.25) is 0 Å². The van der Waals surface area contributed by atoms with Crippen LogP contribution in [-0.2, 0) is 4.79 Å². The quantitative estimate of drug-likeness (QED) is 0.333. The number of Topliss-reactive ketones (excluding diaryl/α,β-unsaturated/α-hetero) is 1. The van der Waals surface area contributed by atoms with Gasteiger partial charge in [0, 0.05) is 17.2 Å². The minimum absolute atomic E-state index is 0.0150. The van der Waals surface area contributed by atoms with Crippen LogP contribution in [0.5, 0.6) is 0 Å². The number of halogens is 1. The highest BCUT2D eigenvalue weighted by molar-refractivity contribution is 9.09. The van der Waals surface area contributed by atoms with Gasteiger partial charge in [0.15, 0.2) is 0 Å². The molecule has 2 heteroatoms. The summed E-state index contributed by atoms with van der Waals surface area (Å²) in [5, 5.41) is 0.885. The van der Waals surface area contributed by atoms with Gasteiger partial charge < -0.3 is 0 Å². The standard InChI is InChI=1S/C17H31BrO/c1-2-3-4-5-6-7-8-9-10-13-17(15-18)14-11-12-16(17)19/h2-15H2,1H3. The van der Waals surface area contributed by atoms with Crippen molar-refractivity contribution < 1.29 is 4.79 Å². The zero-order valence-electron chi connectivity index (χ0n) is 12.7. The van der Waals surface area contributed by atoms with E-state index in [-0.39, 0.29) is 5.41 Å². The van der Waals surface area contributed by atoms with Gasteiger partial charge in [-0.3, -0.25) is 4.79 Å². The molecule has 0 radical (unpaired) electrons. The van der Waals surface area contributed by atoms with Gasteiger partial charge in [-0.2, -0.15) is 0 Å². The van der Waals surface area contributed by atoms with Gasteiger partial charge in [0.25, 0.3) is 0 Å². The smallest absolute Gasteiger partial charge is 0.139 e. The zero-order chi connectivity index (χ0) is 14.0. The monoisotopic (exact) mass is 330 g/mol. The second-order valence-electron chi connectivity index (χ2n) is 6.27. The highest BCUT2D eigenvalue weighted by Gasteiger charge is 2.39. The van der Waals surface area contributed by atoms with Gasteiger partial charge in [0.05, 0.1) is 0 Å². The molecule has 0 N–H and O–H groups in total. The van der Waals surface area contributed by atoms with Crippen molar-refractivity contribution in [2.45, 2.75) is 90.4 Å². The van der Waals surface area contributed by atoms with Crippen LogP contribution in [0.3, 0.4) is 0 Å². The van der Waals surface area contributed by atoms with E-state index in [2.05, 4.69) is 22.9 Å². The Kier molecular flexibility index (Phi) is 9.02. The van der Waals surface area contributed by atoms with E-state index in [1.54, 1.807) is 0 Å². The number of ketones is 1. The van der Waals surface area contributed by atoms with Crippen LogP contribution in [0, 0.1) is 5.41 Å². The topological polar surface area (TPSA) is 17.1 Å². The molecule has 1 saturated carbocycles. The molecule has 1 aliphatic carbocycles. The van der Waals surface area contributed by atoms with E-state index in [4.69, 9.17) is 0 Å². The molecular formula is C17H31BrO. The Hall–Kier alpha value is 0.150. The lowest BCUT2D eigenvalue weighted by Gasteiger charge is -2.24. The molecular weight excluding hydrogens is 300 g/mol. The van der Waals surface area contributed by atoms with Crippen LogP contribution in [0.4, 0.5) is 0 Å². The van der Waals surface area contributed by atoms with Crippen LogP contribution in [0.2, 0.25) is 0 Å². The number of carbonyl (C=O) groups excluding carboxylic acids is 1. The summed E-state index contributed by atoms with van der Waals surface area (Å²) < 4.78 is 0. The van der Waals surface area contributed by atoms with Crippen LogP contribution in [-0.4, -0.2) is 11.1 Å². The summed E-state index contributed by atoms with van der Waals surface area (Å²) in [4.78, 5) is 12.0. The first-order valence-corrected chi connectivity index (χ1v) is 9.46. The molecule has 0 spiro atoms. The first kappa shape index (κ1) is 17.2. The lowest BCUT2D eigenvalue weighted by Crippen LogP contribution is -2.27. The highest BCUT2D eigenvalue weighted by atomic mass is 79.9. The lowest BCUT2D eigenvalue weighted by molar-refractivity contribution is -0.125. The van der Waals surface area contributed by atoms with Crippen molar-refractivity contribution in [3.05, 3.63) is 0 Å².